The van der Waals surface area contributed by atoms with Crippen LogP contribution in [0.3, 0.4) is 0 Å². The molecular weight excluding hydrogens is 293 g/mol. The van der Waals surface area contributed by atoms with Crippen LogP contribution in [0.2, 0.25) is 0 Å². The van der Waals surface area contributed by atoms with Gasteiger partial charge >= 0.3 is 0 Å². The van der Waals surface area contributed by atoms with E-state index in [1.807, 2.05) is 6.92 Å². The summed E-state index contributed by atoms with van der Waals surface area (Å²) in [6.45, 7) is 4.13. The molecule has 0 spiro atoms. The maximum Gasteiger partial charge on any atom is 0.286 e. The average Bonchev–Trinajstić information content (AvgIpc) is 3.05. The van der Waals surface area contributed by atoms with Gasteiger partial charge in [0.15, 0.2) is 11.4 Å². The number of halogens is 1. The molecule has 6 heteroatoms. The number of amides is 1. The van der Waals surface area contributed by atoms with Crippen LogP contribution in [0.1, 0.15) is 29.3 Å². The highest BCUT2D eigenvalue weighted by Gasteiger charge is 2.33. The molecule has 0 unspecified atom stereocenters. The third-order valence-electron chi connectivity index (χ3n) is 3.82. The Kier molecular flexibility index (Phi) is 3.49. The van der Waals surface area contributed by atoms with Gasteiger partial charge in [0.2, 0.25) is 0 Å². The standard InChI is InChI=1S/C15H14FNO3S/c1-3-10-5-17(15(19)21-10)12-7-20-14-11(12)4-9(6-18)8(2)13(14)16/h4,6-7,10H,3,5H2,1-2H3/t10-/m0/s1. The van der Waals surface area contributed by atoms with Gasteiger partial charge in [-0.1, -0.05) is 18.7 Å². The van der Waals surface area contributed by atoms with Crippen LogP contribution < -0.4 is 4.90 Å². The smallest absolute Gasteiger partial charge is 0.286 e. The molecule has 2 aromatic rings. The minimum atomic E-state index is -0.549. The highest BCUT2D eigenvalue weighted by atomic mass is 32.2. The molecule has 1 fully saturated rings. The average molecular weight is 307 g/mol. The first kappa shape index (κ1) is 14.1. The van der Waals surface area contributed by atoms with Gasteiger partial charge in [-0.15, -0.1) is 0 Å². The van der Waals surface area contributed by atoms with Crippen LogP contribution in [0.5, 0.6) is 0 Å². The number of thioether (sulfide) groups is 1. The van der Waals surface area contributed by atoms with E-state index < -0.39 is 5.82 Å². The van der Waals surface area contributed by atoms with Crippen molar-refractivity contribution >= 4 is 39.9 Å². The van der Waals surface area contributed by atoms with Gasteiger partial charge < -0.3 is 4.42 Å². The van der Waals surface area contributed by atoms with E-state index >= 15 is 0 Å². The van der Waals surface area contributed by atoms with E-state index in [1.54, 1.807) is 11.0 Å². The lowest BCUT2D eigenvalue weighted by Gasteiger charge is -2.13. The van der Waals surface area contributed by atoms with E-state index in [-0.39, 0.29) is 27.2 Å². The van der Waals surface area contributed by atoms with Crippen molar-refractivity contribution in [1.29, 1.82) is 0 Å². The SMILES string of the molecule is CC[C@H]1CN(c2coc3c(F)c(C)c(C=O)cc23)C(=O)S1. The van der Waals surface area contributed by atoms with Crippen molar-refractivity contribution < 1.29 is 18.4 Å². The molecule has 2 heterocycles. The van der Waals surface area contributed by atoms with Gasteiger partial charge in [-0.3, -0.25) is 14.5 Å². The molecule has 1 aliphatic heterocycles. The minimum Gasteiger partial charge on any atom is -0.459 e. The summed E-state index contributed by atoms with van der Waals surface area (Å²) >= 11 is 1.28. The molecule has 0 N–H and O–H groups in total. The van der Waals surface area contributed by atoms with Gasteiger partial charge in [-0.25, -0.2) is 4.39 Å². The number of hydrogen-bond donors (Lipinski definition) is 0. The summed E-state index contributed by atoms with van der Waals surface area (Å²) in [6, 6.07) is 1.58. The summed E-state index contributed by atoms with van der Waals surface area (Å²) in [7, 11) is 0. The lowest BCUT2D eigenvalue weighted by Crippen LogP contribution is -2.23. The largest absolute Gasteiger partial charge is 0.459 e. The van der Waals surface area contributed by atoms with Crippen LogP contribution in [-0.2, 0) is 0 Å². The highest BCUT2D eigenvalue weighted by molar-refractivity contribution is 8.14. The zero-order valence-electron chi connectivity index (χ0n) is 11.7. The molecule has 1 saturated heterocycles. The van der Waals surface area contributed by atoms with Crippen LogP contribution in [0.25, 0.3) is 11.0 Å². The molecule has 1 aromatic heterocycles. The van der Waals surface area contributed by atoms with Gasteiger partial charge in [0.05, 0.1) is 5.69 Å². The zero-order chi connectivity index (χ0) is 15.1. The van der Waals surface area contributed by atoms with Crippen molar-refractivity contribution in [2.75, 3.05) is 11.4 Å². The number of aldehydes is 1. The van der Waals surface area contributed by atoms with E-state index in [1.165, 1.54) is 24.9 Å². The molecule has 1 aromatic carbocycles. The molecule has 0 saturated carbocycles. The molecule has 4 nitrogen and oxygen atoms in total. The molecule has 3 rings (SSSR count). The van der Waals surface area contributed by atoms with Gasteiger partial charge in [0, 0.05) is 22.7 Å². The van der Waals surface area contributed by atoms with Crippen LogP contribution in [0.15, 0.2) is 16.7 Å². The summed E-state index contributed by atoms with van der Waals surface area (Å²) in [5.74, 6) is -0.549. The van der Waals surface area contributed by atoms with Gasteiger partial charge in [-0.05, 0) is 25.0 Å². The normalized spacial score (nSPS) is 18.7. The fourth-order valence-corrected chi connectivity index (χ4v) is 3.47. The lowest BCUT2D eigenvalue weighted by atomic mass is 10.1. The number of benzene rings is 1. The Morgan fingerprint density at radius 2 is 2.33 bits per heavy atom. The number of fused-ring (bicyclic) bond motifs is 1. The first-order chi connectivity index (χ1) is 10.1. The maximum absolute atomic E-state index is 14.2. The van der Waals surface area contributed by atoms with Gasteiger partial charge in [-0.2, -0.15) is 0 Å². The molecule has 0 aliphatic carbocycles. The van der Waals surface area contributed by atoms with Crippen LogP contribution in [-0.4, -0.2) is 23.3 Å². The Morgan fingerprint density at radius 1 is 1.57 bits per heavy atom. The predicted octanol–water partition coefficient (Wildman–Crippen LogP) is 4.14. The van der Waals surface area contributed by atoms with Gasteiger partial charge in [0.25, 0.3) is 5.24 Å². The number of rotatable bonds is 3. The van der Waals surface area contributed by atoms with Crippen molar-refractivity contribution in [2.45, 2.75) is 25.5 Å². The van der Waals surface area contributed by atoms with Crippen LogP contribution >= 0.6 is 11.8 Å². The van der Waals surface area contributed by atoms with Crippen molar-refractivity contribution in [3.05, 3.63) is 29.3 Å². The Labute approximate surface area is 125 Å². The molecule has 1 amide bonds. The fourth-order valence-electron chi connectivity index (χ4n) is 2.49. The fraction of sp³-hybridized carbons (Fsp3) is 0.333. The first-order valence-electron chi connectivity index (χ1n) is 6.70. The van der Waals surface area contributed by atoms with Crippen molar-refractivity contribution in [2.24, 2.45) is 0 Å². The summed E-state index contributed by atoms with van der Waals surface area (Å²) in [6.07, 6.45) is 2.89. The van der Waals surface area contributed by atoms with E-state index in [9.17, 15) is 14.0 Å². The second kappa shape index (κ2) is 5.18. The summed E-state index contributed by atoms with van der Waals surface area (Å²) in [5.41, 5.74) is 1.15. The molecule has 21 heavy (non-hydrogen) atoms. The molecular formula is C15H14FNO3S. The van der Waals surface area contributed by atoms with Crippen molar-refractivity contribution in [3.8, 4) is 0 Å². The Bertz CT molecular complexity index is 740. The molecule has 0 bridgehead atoms. The first-order valence-corrected chi connectivity index (χ1v) is 7.58. The number of carbonyl (C=O) groups is 2. The van der Waals surface area contributed by atoms with E-state index in [4.69, 9.17) is 4.42 Å². The summed E-state index contributed by atoms with van der Waals surface area (Å²) < 4.78 is 19.5. The molecule has 0 radical (unpaired) electrons. The van der Waals surface area contributed by atoms with Gasteiger partial charge in [0.1, 0.15) is 12.5 Å². The second-order valence-corrected chi connectivity index (χ2v) is 6.30. The Hall–Kier alpha value is -1.82. The number of nitrogens with zero attached hydrogens (tertiary/aromatic N) is 1. The monoisotopic (exact) mass is 307 g/mol. The number of hydrogen-bond acceptors (Lipinski definition) is 4. The Morgan fingerprint density at radius 3 is 2.95 bits per heavy atom. The quantitative estimate of drug-likeness (QED) is 0.800. The lowest BCUT2D eigenvalue weighted by molar-refractivity contribution is 0.112. The number of carbonyl (C=O) groups excluding carboxylic acids is 2. The van der Waals surface area contributed by atoms with E-state index in [0.29, 0.717) is 23.9 Å². The van der Waals surface area contributed by atoms with Crippen LogP contribution in [0.4, 0.5) is 14.9 Å². The zero-order valence-corrected chi connectivity index (χ0v) is 12.5. The van der Waals surface area contributed by atoms with E-state index in [2.05, 4.69) is 0 Å². The third kappa shape index (κ3) is 2.14. The minimum absolute atomic E-state index is 0.0711. The third-order valence-corrected chi connectivity index (χ3v) is 5.06. The molecule has 1 atom stereocenters. The van der Waals surface area contributed by atoms with Crippen molar-refractivity contribution in [3.63, 3.8) is 0 Å². The second-order valence-electron chi connectivity index (χ2n) is 5.04. The molecule has 1 aliphatic rings. The summed E-state index contributed by atoms with van der Waals surface area (Å²) in [4.78, 5) is 24.7. The topological polar surface area (TPSA) is 50.5 Å². The summed E-state index contributed by atoms with van der Waals surface area (Å²) in [5, 5.41) is 0.618. The van der Waals surface area contributed by atoms with Crippen molar-refractivity contribution in [1.82, 2.24) is 0 Å². The Balaban J connectivity index is 2.14. The predicted molar refractivity (Wildman–Crippen MR) is 80.7 cm³/mol. The highest BCUT2D eigenvalue weighted by Crippen LogP contribution is 2.38. The number of furan rings is 1. The number of anilines is 1. The maximum atomic E-state index is 14.2. The molecule has 110 valence electrons. The van der Waals surface area contributed by atoms with E-state index in [0.717, 1.165) is 6.42 Å². The van der Waals surface area contributed by atoms with Crippen LogP contribution in [0, 0.1) is 12.7 Å².